The first-order chi connectivity index (χ1) is 7.63. The highest BCUT2D eigenvalue weighted by molar-refractivity contribution is 5.88. The van der Waals surface area contributed by atoms with Crippen molar-refractivity contribution in [3.05, 3.63) is 35.2 Å². The molecule has 0 amide bonds. The average molecular weight is 219 g/mol. The Morgan fingerprint density at radius 3 is 2.88 bits per heavy atom. The number of anilines is 1. The molecule has 1 aromatic rings. The molecule has 1 atom stereocenters. The van der Waals surface area contributed by atoms with Crippen molar-refractivity contribution >= 4 is 17.5 Å². The molecule has 0 saturated carbocycles. The Labute approximate surface area is 94.0 Å². The second-order valence-corrected chi connectivity index (χ2v) is 4.21. The van der Waals surface area contributed by atoms with Crippen molar-refractivity contribution in [1.82, 2.24) is 0 Å². The van der Waals surface area contributed by atoms with E-state index in [1.807, 2.05) is 6.92 Å². The van der Waals surface area contributed by atoms with E-state index in [-0.39, 0.29) is 11.7 Å². The topological polar surface area (TPSA) is 43.1 Å². The van der Waals surface area contributed by atoms with Gasteiger partial charge in [0.15, 0.2) is 0 Å². The van der Waals surface area contributed by atoms with Gasteiger partial charge in [-0.15, -0.1) is 0 Å². The highest BCUT2D eigenvalue weighted by Gasteiger charge is 2.25. The van der Waals surface area contributed by atoms with Crippen LogP contribution in [0.5, 0.6) is 0 Å². The summed E-state index contributed by atoms with van der Waals surface area (Å²) < 4.78 is 12.9. The summed E-state index contributed by atoms with van der Waals surface area (Å²) in [7, 11) is 0. The van der Waals surface area contributed by atoms with E-state index in [9.17, 15) is 9.18 Å². The fourth-order valence-corrected chi connectivity index (χ4v) is 2.31. The van der Waals surface area contributed by atoms with Gasteiger partial charge < -0.3 is 10.5 Å². The van der Waals surface area contributed by atoms with Crippen LogP contribution in [0.3, 0.4) is 0 Å². The third kappa shape index (κ3) is 1.73. The molecular formula is C13H14FNO. The highest BCUT2D eigenvalue weighted by atomic mass is 19.1. The minimum absolute atomic E-state index is 0.0900. The van der Waals surface area contributed by atoms with Crippen LogP contribution in [0, 0.1) is 11.7 Å². The van der Waals surface area contributed by atoms with Crippen molar-refractivity contribution < 1.29 is 9.18 Å². The van der Waals surface area contributed by atoms with Crippen LogP contribution in [-0.2, 0) is 4.79 Å². The van der Waals surface area contributed by atoms with Crippen LogP contribution in [0.15, 0.2) is 23.8 Å². The predicted octanol–water partition coefficient (Wildman–Crippen LogP) is 2.79. The number of carbonyl (C=O) groups is 1. The van der Waals surface area contributed by atoms with Gasteiger partial charge in [0, 0.05) is 17.2 Å². The molecule has 0 heterocycles. The molecule has 3 heteroatoms. The second kappa shape index (κ2) is 4.08. The zero-order valence-electron chi connectivity index (χ0n) is 9.16. The van der Waals surface area contributed by atoms with E-state index in [1.165, 1.54) is 17.7 Å². The highest BCUT2D eigenvalue weighted by Crippen LogP contribution is 2.39. The summed E-state index contributed by atoms with van der Waals surface area (Å²) in [5, 5.41) is 0. The first-order valence-corrected chi connectivity index (χ1v) is 5.34. The van der Waals surface area contributed by atoms with E-state index in [0.29, 0.717) is 5.69 Å². The summed E-state index contributed by atoms with van der Waals surface area (Å²) in [5.74, 6) is -0.437. The van der Waals surface area contributed by atoms with Crippen molar-refractivity contribution in [3.8, 4) is 0 Å². The molecule has 2 nitrogen and oxygen atoms in total. The third-order valence-corrected chi connectivity index (χ3v) is 3.13. The monoisotopic (exact) mass is 219 g/mol. The summed E-state index contributed by atoms with van der Waals surface area (Å²) in [6, 6.07) is 4.34. The number of rotatable bonds is 2. The molecule has 1 aliphatic carbocycles. The zero-order chi connectivity index (χ0) is 11.7. The van der Waals surface area contributed by atoms with Crippen LogP contribution < -0.4 is 5.73 Å². The Morgan fingerprint density at radius 2 is 2.25 bits per heavy atom. The lowest BCUT2D eigenvalue weighted by Gasteiger charge is -2.12. The fraction of sp³-hybridized carbons (Fsp3) is 0.308. The van der Waals surface area contributed by atoms with Crippen LogP contribution in [0.1, 0.15) is 25.3 Å². The van der Waals surface area contributed by atoms with Crippen LogP contribution in [0.25, 0.3) is 5.57 Å². The fourth-order valence-electron chi connectivity index (χ4n) is 2.31. The van der Waals surface area contributed by atoms with Crippen molar-refractivity contribution in [2.24, 2.45) is 5.92 Å². The molecule has 0 spiro atoms. The molecule has 84 valence electrons. The molecule has 0 aliphatic heterocycles. The number of allylic oxidation sites excluding steroid dienone is 2. The molecule has 1 unspecified atom stereocenters. The summed E-state index contributed by atoms with van der Waals surface area (Å²) in [6.07, 6.45) is 2.70. The van der Waals surface area contributed by atoms with E-state index in [1.54, 1.807) is 6.07 Å². The van der Waals surface area contributed by atoms with Gasteiger partial charge in [0.2, 0.25) is 0 Å². The van der Waals surface area contributed by atoms with Gasteiger partial charge in [-0.3, -0.25) is 0 Å². The van der Waals surface area contributed by atoms with Crippen LogP contribution in [0.4, 0.5) is 10.1 Å². The standard InChI is InChI=1S/C13H14FNO/c1-8-2-3-9(7-16)13(8)11-5-4-10(14)6-12(11)15/h4-7,9H,2-3,15H2,1H3. The summed E-state index contributed by atoms with van der Waals surface area (Å²) in [6.45, 7) is 2.00. The normalized spacial score (nSPS) is 20.2. The Kier molecular flexibility index (Phi) is 2.77. The van der Waals surface area contributed by atoms with Gasteiger partial charge in [-0.2, -0.15) is 0 Å². The lowest BCUT2D eigenvalue weighted by atomic mass is 9.93. The lowest BCUT2D eigenvalue weighted by molar-refractivity contribution is -0.109. The maximum atomic E-state index is 12.9. The van der Waals surface area contributed by atoms with Crippen LogP contribution in [0.2, 0.25) is 0 Å². The minimum atomic E-state index is -0.347. The maximum absolute atomic E-state index is 12.9. The van der Waals surface area contributed by atoms with E-state index in [0.717, 1.165) is 30.3 Å². The molecule has 0 fully saturated rings. The molecule has 0 bridgehead atoms. The van der Waals surface area contributed by atoms with Crippen molar-refractivity contribution in [2.75, 3.05) is 5.73 Å². The first kappa shape index (κ1) is 10.9. The number of hydrogen-bond acceptors (Lipinski definition) is 2. The number of nitrogens with two attached hydrogens (primary N) is 1. The molecule has 0 radical (unpaired) electrons. The molecule has 0 saturated heterocycles. The molecule has 0 aromatic heterocycles. The summed E-state index contributed by atoms with van der Waals surface area (Å²) >= 11 is 0. The van der Waals surface area contributed by atoms with Crippen molar-refractivity contribution in [3.63, 3.8) is 0 Å². The maximum Gasteiger partial charge on any atom is 0.127 e. The Balaban J connectivity index is 2.51. The second-order valence-electron chi connectivity index (χ2n) is 4.21. The van der Waals surface area contributed by atoms with E-state index in [4.69, 9.17) is 5.73 Å². The molecule has 2 rings (SSSR count). The quantitative estimate of drug-likeness (QED) is 0.614. The summed E-state index contributed by atoms with van der Waals surface area (Å²) in [5.41, 5.74) is 9.15. The number of benzene rings is 1. The Morgan fingerprint density at radius 1 is 1.50 bits per heavy atom. The number of hydrogen-bond donors (Lipinski definition) is 1. The van der Waals surface area contributed by atoms with Gasteiger partial charge in [-0.1, -0.05) is 5.57 Å². The smallest absolute Gasteiger partial charge is 0.127 e. The van der Waals surface area contributed by atoms with E-state index in [2.05, 4.69) is 0 Å². The largest absolute Gasteiger partial charge is 0.398 e. The average Bonchev–Trinajstić information content (AvgIpc) is 2.60. The number of halogens is 1. The zero-order valence-corrected chi connectivity index (χ0v) is 9.16. The van der Waals surface area contributed by atoms with Gasteiger partial charge >= 0.3 is 0 Å². The van der Waals surface area contributed by atoms with Crippen molar-refractivity contribution in [2.45, 2.75) is 19.8 Å². The van der Waals surface area contributed by atoms with Gasteiger partial charge in [0.1, 0.15) is 12.1 Å². The molecule has 16 heavy (non-hydrogen) atoms. The van der Waals surface area contributed by atoms with Crippen LogP contribution in [-0.4, -0.2) is 6.29 Å². The van der Waals surface area contributed by atoms with Gasteiger partial charge in [0.05, 0.1) is 0 Å². The molecule has 2 N–H and O–H groups in total. The minimum Gasteiger partial charge on any atom is -0.398 e. The molecular weight excluding hydrogens is 205 g/mol. The van der Waals surface area contributed by atoms with Gasteiger partial charge in [0.25, 0.3) is 0 Å². The number of aldehydes is 1. The lowest BCUT2D eigenvalue weighted by Crippen LogP contribution is -2.03. The number of carbonyl (C=O) groups excluding carboxylic acids is 1. The summed E-state index contributed by atoms with van der Waals surface area (Å²) in [4.78, 5) is 11.0. The molecule has 1 aromatic carbocycles. The predicted molar refractivity (Wildman–Crippen MR) is 62.2 cm³/mol. The Bertz CT molecular complexity index is 465. The number of nitrogen functional groups attached to an aromatic ring is 1. The Hall–Kier alpha value is -1.64. The van der Waals surface area contributed by atoms with E-state index >= 15 is 0 Å². The SMILES string of the molecule is CC1=C(c2ccc(F)cc2N)C(C=O)CC1. The van der Waals surface area contributed by atoms with Crippen LogP contribution >= 0.6 is 0 Å². The van der Waals surface area contributed by atoms with Gasteiger partial charge in [-0.05, 0) is 43.5 Å². The third-order valence-electron chi connectivity index (χ3n) is 3.13. The first-order valence-electron chi connectivity index (χ1n) is 5.34. The van der Waals surface area contributed by atoms with E-state index < -0.39 is 0 Å². The molecule has 1 aliphatic rings. The van der Waals surface area contributed by atoms with Gasteiger partial charge in [-0.25, -0.2) is 4.39 Å². The van der Waals surface area contributed by atoms with Crippen molar-refractivity contribution in [1.29, 1.82) is 0 Å².